The van der Waals surface area contributed by atoms with Gasteiger partial charge in [0.15, 0.2) is 10.9 Å². The van der Waals surface area contributed by atoms with Gasteiger partial charge in [0.25, 0.3) is 0 Å². The first-order valence-electron chi connectivity index (χ1n) is 7.95. The van der Waals surface area contributed by atoms with Gasteiger partial charge in [0.2, 0.25) is 0 Å². The first-order chi connectivity index (χ1) is 12.5. The molecule has 5 nitrogen and oxygen atoms in total. The number of carbonyl (C=O) groups is 1. The molecule has 3 aromatic rings. The summed E-state index contributed by atoms with van der Waals surface area (Å²) in [6.07, 6.45) is 3.59. The number of halogens is 1. The van der Waals surface area contributed by atoms with E-state index < -0.39 is 0 Å². The van der Waals surface area contributed by atoms with Crippen LogP contribution in [0.1, 0.15) is 22.8 Å². The average molecular weight is 385 g/mol. The Morgan fingerprint density at radius 2 is 1.73 bits per heavy atom. The minimum atomic E-state index is 0.0327. The molecule has 0 radical (unpaired) electrons. The van der Waals surface area contributed by atoms with Crippen molar-refractivity contribution in [3.8, 4) is 0 Å². The number of aromatic nitrogens is 2. The van der Waals surface area contributed by atoms with E-state index in [1.54, 1.807) is 18.3 Å². The molecule has 2 N–H and O–H groups in total. The van der Waals surface area contributed by atoms with Crippen molar-refractivity contribution in [1.82, 2.24) is 9.78 Å². The lowest BCUT2D eigenvalue weighted by Crippen LogP contribution is -2.18. The van der Waals surface area contributed by atoms with Crippen LogP contribution in [-0.4, -0.2) is 20.7 Å². The van der Waals surface area contributed by atoms with Crippen LogP contribution in [0.2, 0.25) is 5.02 Å². The van der Waals surface area contributed by atoms with Crippen molar-refractivity contribution in [1.29, 1.82) is 0 Å². The highest BCUT2D eigenvalue weighted by molar-refractivity contribution is 7.80. The SMILES string of the molecule is CC(=O)c1ccc(NC(=S)Nc2cnn(Cc3ccc(Cl)cc3)c2)cc1. The maximum Gasteiger partial charge on any atom is 0.175 e. The molecule has 132 valence electrons. The van der Waals surface area contributed by atoms with Crippen molar-refractivity contribution in [3.63, 3.8) is 0 Å². The van der Waals surface area contributed by atoms with Crippen LogP contribution in [0.25, 0.3) is 0 Å². The van der Waals surface area contributed by atoms with Crippen LogP contribution in [-0.2, 0) is 6.54 Å². The third-order valence-corrected chi connectivity index (χ3v) is 4.15. The van der Waals surface area contributed by atoms with Gasteiger partial charge in [-0.15, -0.1) is 0 Å². The van der Waals surface area contributed by atoms with Crippen LogP contribution in [0.4, 0.5) is 11.4 Å². The maximum absolute atomic E-state index is 11.3. The molecule has 0 bridgehead atoms. The van der Waals surface area contributed by atoms with Gasteiger partial charge in [0.1, 0.15) is 0 Å². The summed E-state index contributed by atoms with van der Waals surface area (Å²) >= 11 is 11.2. The van der Waals surface area contributed by atoms with E-state index in [9.17, 15) is 4.79 Å². The van der Waals surface area contributed by atoms with Crippen LogP contribution in [0.15, 0.2) is 60.9 Å². The number of rotatable bonds is 5. The van der Waals surface area contributed by atoms with Crippen LogP contribution >= 0.6 is 23.8 Å². The molecule has 0 unspecified atom stereocenters. The van der Waals surface area contributed by atoms with Gasteiger partial charge in [-0.25, -0.2) is 0 Å². The highest BCUT2D eigenvalue weighted by Crippen LogP contribution is 2.13. The Balaban J connectivity index is 1.57. The minimum absolute atomic E-state index is 0.0327. The molecule has 0 saturated heterocycles. The summed E-state index contributed by atoms with van der Waals surface area (Å²) in [7, 11) is 0. The third-order valence-electron chi connectivity index (χ3n) is 3.70. The predicted molar refractivity (Wildman–Crippen MR) is 109 cm³/mol. The highest BCUT2D eigenvalue weighted by atomic mass is 35.5. The van der Waals surface area contributed by atoms with Crippen LogP contribution in [0.5, 0.6) is 0 Å². The van der Waals surface area contributed by atoms with Crippen LogP contribution in [0, 0.1) is 0 Å². The zero-order valence-electron chi connectivity index (χ0n) is 14.1. The van der Waals surface area contributed by atoms with E-state index in [4.69, 9.17) is 23.8 Å². The molecule has 0 aliphatic rings. The second kappa shape index (κ2) is 8.12. The van der Waals surface area contributed by atoms with Crippen molar-refractivity contribution in [2.75, 3.05) is 10.6 Å². The Labute approximate surface area is 162 Å². The number of anilines is 2. The second-order valence-corrected chi connectivity index (χ2v) is 6.61. The molecule has 7 heteroatoms. The monoisotopic (exact) mass is 384 g/mol. The smallest absolute Gasteiger partial charge is 0.175 e. The molecule has 0 amide bonds. The molecular formula is C19H17ClN4OS. The Hall–Kier alpha value is -2.70. The van der Waals surface area contributed by atoms with E-state index in [1.807, 2.05) is 47.3 Å². The number of carbonyl (C=O) groups excluding carboxylic acids is 1. The van der Waals surface area contributed by atoms with Gasteiger partial charge in [0, 0.05) is 22.5 Å². The molecule has 26 heavy (non-hydrogen) atoms. The second-order valence-electron chi connectivity index (χ2n) is 5.77. The van der Waals surface area contributed by atoms with E-state index in [0.717, 1.165) is 16.9 Å². The zero-order valence-corrected chi connectivity index (χ0v) is 15.6. The van der Waals surface area contributed by atoms with E-state index in [0.29, 0.717) is 22.2 Å². The molecule has 0 fully saturated rings. The van der Waals surface area contributed by atoms with Crippen LogP contribution in [0.3, 0.4) is 0 Å². The number of thiocarbonyl (C=S) groups is 1. The number of benzene rings is 2. The summed E-state index contributed by atoms with van der Waals surface area (Å²) in [5.41, 5.74) is 3.37. The first-order valence-corrected chi connectivity index (χ1v) is 8.74. The molecule has 1 aromatic heterocycles. The molecule has 0 atom stereocenters. The summed E-state index contributed by atoms with van der Waals surface area (Å²) in [6.45, 7) is 2.18. The number of hydrogen-bond donors (Lipinski definition) is 2. The van der Waals surface area contributed by atoms with E-state index in [-0.39, 0.29) is 5.78 Å². The molecule has 0 aliphatic carbocycles. The molecule has 0 spiro atoms. The third kappa shape index (κ3) is 4.91. The number of nitrogens with one attached hydrogen (secondary N) is 2. The summed E-state index contributed by atoms with van der Waals surface area (Å²) < 4.78 is 1.82. The van der Waals surface area contributed by atoms with Gasteiger partial charge in [-0.3, -0.25) is 9.48 Å². The number of hydrogen-bond acceptors (Lipinski definition) is 3. The topological polar surface area (TPSA) is 59.0 Å². The van der Waals surface area contributed by atoms with Crippen molar-refractivity contribution < 1.29 is 4.79 Å². The fraction of sp³-hybridized carbons (Fsp3) is 0.105. The Morgan fingerprint density at radius 1 is 1.08 bits per heavy atom. The van der Waals surface area contributed by atoms with Gasteiger partial charge in [-0.2, -0.15) is 5.10 Å². The van der Waals surface area contributed by atoms with Crippen LogP contribution < -0.4 is 10.6 Å². The molecule has 1 heterocycles. The summed E-state index contributed by atoms with van der Waals surface area (Å²) in [4.78, 5) is 11.3. The summed E-state index contributed by atoms with van der Waals surface area (Å²) in [5.74, 6) is 0.0327. The minimum Gasteiger partial charge on any atom is -0.332 e. The Bertz CT molecular complexity index is 919. The van der Waals surface area contributed by atoms with Crippen molar-refractivity contribution >= 4 is 46.1 Å². The van der Waals surface area contributed by atoms with Crippen molar-refractivity contribution in [2.24, 2.45) is 0 Å². The van der Waals surface area contributed by atoms with Gasteiger partial charge < -0.3 is 10.6 Å². The molecular weight excluding hydrogens is 368 g/mol. The standard InChI is InChI=1S/C19H17ClN4OS/c1-13(25)15-4-8-17(9-5-15)22-19(26)23-18-10-21-24(12-18)11-14-2-6-16(20)7-3-14/h2-10,12H,11H2,1H3,(H2,22,23,26). The number of Topliss-reactive ketones (excluding diaryl/α,β-unsaturated/α-hetero) is 1. The first kappa shape index (κ1) is 18.1. The van der Waals surface area contributed by atoms with Gasteiger partial charge >= 0.3 is 0 Å². The van der Waals surface area contributed by atoms with Gasteiger partial charge in [-0.1, -0.05) is 23.7 Å². The highest BCUT2D eigenvalue weighted by Gasteiger charge is 2.04. The zero-order chi connectivity index (χ0) is 18.5. The lowest BCUT2D eigenvalue weighted by Gasteiger charge is -2.09. The van der Waals surface area contributed by atoms with E-state index >= 15 is 0 Å². The largest absolute Gasteiger partial charge is 0.332 e. The normalized spacial score (nSPS) is 10.4. The number of ketones is 1. The van der Waals surface area contributed by atoms with E-state index in [1.165, 1.54) is 6.92 Å². The Kier molecular flexibility index (Phi) is 5.65. The lowest BCUT2D eigenvalue weighted by molar-refractivity contribution is 0.101. The Morgan fingerprint density at radius 3 is 2.38 bits per heavy atom. The fourth-order valence-electron chi connectivity index (χ4n) is 2.37. The molecule has 0 aliphatic heterocycles. The predicted octanol–water partition coefficient (Wildman–Crippen LogP) is 4.60. The lowest BCUT2D eigenvalue weighted by atomic mass is 10.1. The van der Waals surface area contributed by atoms with Crippen molar-refractivity contribution in [3.05, 3.63) is 77.1 Å². The van der Waals surface area contributed by atoms with E-state index in [2.05, 4.69) is 15.7 Å². The molecule has 3 rings (SSSR count). The molecule has 2 aromatic carbocycles. The summed E-state index contributed by atoms with van der Waals surface area (Å²) in [6, 6.07) is 14.8. The average Bonchev–Trinajstić information content (AvgIpc) is 3.04. The summed E-state index contributed by atoms with van der Waals surface area (Å²) in [5, 5.41) is 11.7. The molecule has 0 saturated carbocycles. The van der Waals surface area contributed by atoms with Crippen molar-refractivity contribution in [2.45, 2.75) is 13.5 Å². The number of nitrogens with zero attached hydrogens (tertiary/aromatic N) is 2. The van der Waals surface area contributed by atoms with Gasteiger partial charge in [-0.05, 0) is 61.1 Å². The maximum atomic E-state index is 11.3. The quantitative estimate of drug-likeness (QED) is 0.497. The fourth-order valence-corrected chi connectivity index (χ4v) is 2.73. The van der Waals surface area contributed by atoms with Gasteiger partial charge in [0.05, 0.1) is 18.4 Å².